The van der Waals surface area contributed by atoms with E-state index in [9.17, 15) is 8.42 Å². The van der Waals surface area contributed by atoms with Gasteiger partial charge in [0, 0.05) is 12.3 Å². The molecule has 0 amide bonds. The summed E-state index contributed by atoms with van der Waals surface area (Å²) in [7, 11) is -0.356. The number of hydrogen-bond donors (Lipinski definition) is 0. The van der Waals surface area contributed by atoms with Crippen LogP contribution in [0.4, 0.5) is 0 Å². The highest BCUT2D eigenvalue weighted by atomic mass is 32.2. The van der Waals surface area contributed by atoms with Gasteiger partial charge in [-0.2, -0.15) is 0 Å². The Hall–Kier alpha value is -1.05. The Bertz CT molecular complexity index is 513. The largest absolute Gasteiger partial charge is 0.486 e. The maximum atomic E-state index is 11.4. The van der Waals surface area contributed by atoms with Crippen LogP contribution in [0.15, 0.2) is 23.1 Å². The molecule has 17 heavy (non-hydrogen) atoms. The highest BCUT2D eigenvalue weighted by molar-refractivity contribution is 7.90. The van der Waals surface area contributed by atoms with Crippen molar-refractivity contribution in [3.63, 3.8) is 0 Å². The van der Waals surface area contributed by atoms with Crippen molar-refractivity contribution in [3.05, 3.63) is 18.2 Å². The van der Waals surface area contributed by atoms with Crippen molar-refractivity contribution in [3.8, 4) is 11.5 Å². The van der Waals surface area contributed by atoms with Crippen LogP contribution in [0.5, 0.6) is 11.5 Å². The van der Waals surface area contributed by atoms with Gasteiger partial charge in [0.2, 0.25) is 10.5 Å². The Kier molecular flexibility index (Phi) is 3.41. The van der Waals surface area contributed by atoms with Crippen LogP contribution in [-0.2, 0) is 14.3 Å². The molecule has 0 bridgehead atoms. The molecule has 0 fully saturated rings. The average molecular weight is 271 g/mol. The highest BCUT2D eigenvalue weighted by Crippen LogP contribution is 2.33. The van der Waals surface area contributed by atoms with Crippen molar-refractivity contribution < 1.29 is 22.3 Å². The van der Waals surface area contributed by atoms with Crippen LogP contribution in [0.2, 0.25) is 0 Å². The highest BCUT2D eigenvalue weighted by Gasteiger charge is 2.22. The average Bonchev–Trinajstić information content (AvgIpc) is 2.27. The molecule has 1 aliphatic rings. The molecular formula is C10H11O5SSi. The minimum atomic E-state index is -3.24. The Morgan fingerprint density at radius 1 is 1.47 bits per heavy atom. The normalized spacial score (nSPS) is 19.1. The van der Waals surface area contributed by atoms with Crippen LogP contribution < -0.4 is 9.47 Å². The Labute approximate surface area is 103 Å². The summed E-state index contributed by atoms with van der Waals surface area (Å²) in [6.45, 7) is 0.690. The summed E-state index contributed by atoms with van der Waals surface area (Å²) >= 11 is 0. The minimum Gasteiger partial charge on any atom is -0.486 e. The summed E-state index contributed by atoms with van der Waals surface area (Å²) in [5, 5.41) is 0. The molecule has 0 N–H and O–H groups in total. The lowest BCUT2D eigenvalue weighted by Crippen LogP contribution is -2.33. The van der Waals surface area contributed by atoms with Crippen molar-refractivity contribution in [2.45, 2.75) is 11.0 Å². The Balaban J connectivity index is 2.29. The molecule has 0 aromatic heterocycles. The molecule has 2 rings (SSSR count). The number of ether oxygens (including phenoxy) is 2. The van der Waals surface area contributed by atoms with E-state index in [1.807, 2.05) is 0 Å². The van der Waals surface area contributed by atoms with E-state index in [1.165, 1.54) is 12.1 Å². The van der Waals surface area contributed by atoms with Gasteiger partial charge in [0.1, 0.15) is 6.61 Å². The van der Waals surface area contributed by atoms with Gasteiger partial charge >= 0.3 is 0 Å². The molecule has 91 valence electrons. The quantitative estimate of drug-likeness (QED) is 0.741. The van der Waals surface area contributed by atoms with E-state index in [1.54, 1.807) is 6.07 Å². The van der Waals surface area contributed by atoms with E-state index in [0.29, 0.717) is 24.7 Å². The first kappa shape index (κ1) is 12.4. The maximum absolute atomic E-state index is 11.4. The van der Waals surface area contributed by atoms with E-state index in [4.69, 9.17) is 13.9 Å². The van der Waals surface area contributed by atoms with Crippen molar-refractivity contribution >= 4 is 20.3 Å². The zero-order valence-corrected chi connectivity index (χ0v) is 11.0. The molecule has 0 spiro atoms. The predicted octanol–water partition coefficient (Wildman–Crippen LogP) is 0.330. The molecule has 0 saturated carbocycles. The fourth-order valence-corrected chi connectivity index (χ4v) is 2.32. The van der Waals surface area contributed by atoms with E-state index < -0.39 is 9.84 Å². The number of hydrogen-bond acceptors (Lipinski definition) is 5. The van der Waals surface area contributed by atoms with Crippen LogP contribution in [0.3, 0.4) is 0 Å². The van der Waals surface area contributed by atoms with Gasteiger partial charge in [-0.05, 0) is 12.1 Å². The van der Waals surface area contributed by atoms with E-state index in [0.717, 1.165) is 6.26 Å². The summed E-state index contributed by atoms with van der Waals surface area (Å²) in [4.78, 5) is 0.208. The van der Waals surface area contributed by atoms with Crippen LogP contribution >= 0.6 is 0 Å². The monoisotopic (exact) mass is 271 g/mol. The van der Waals surface area contributed by atoms with Crippen molar-refractivity contribution in [2.75, 3.05) is 19.5 Å². The second-order valence-corrected chi connectivity index (χ2v) is 6.05. The molecule has 1 aromatic rings. The van der Waals surface area contributed by atoms with E-state index >= 15 is 0 Å². The van der Waals surface area contributed by atoms with Gasteiger partial charge < -0.3 is 13.9 Å². The lowest BCUT2D eigenvalue weighted by molar-refractivity contribution is 0.0559. The van der Waals surface area contributed by atoms with Gasteiger partial charge in [0.05, 0.1) is 11.5 Å². The minimum absolute atomic E-state index is 0.208. The first-order chi connectivity index (χ1) is 8.00. The van der Waals surface area contributed by atoms with Crippen molar-refractivity contribution in [1.29, 1.82) is 0 Å². The number of fused-ring (bicyclic) bond motifs is 1. The number of rotatable bonds is 3. The van der Waals surface area contributed by atoms with Crippen LogP contribution in [0, 0.1) is 0 Å². The molecule has 3 radical (unpaired) electrons. The second kappa shape index (κ2) is 4.67. The van der Waals surface area contributed by atoms with Gasteiger partial charge in [-0.3, -0.25) is 0 Å². The SMILES string of the molecule is CS(=O)(=O)c1ccc2c(c1)OC(CO[Si])CO2. The smallest absolute Gasteiger partial charge is 0.246 e. The second-order valence-electron chi connectivity index (χ2n) is 3.74. The third kappa shape index (κ3) is 2.79. The van der Waals surface area contributed by atoms with Gasteiger partial charge in [0.25, 0.3) is 0 Å². The molecular weight excluding hydrogens is 260 g/mol. The standard InChI is InChI=1S/C10H11O5SSi/c1-16(11,12)8-2-3-9-10(4-8)15-7(5-13-9)6-14-17/h2-4,7H,5-6H2,1H3. The van der Waals surface area contributed by atoms with Gasteiger partial charge in [0.15, 0.2) is 27.4 Å². The zero-order valence-electron chi connectivity index (χ0n) is 9.17. The van der Waals surface area contributed by atoms with Gasteiger partial charge in [-0.15, -0.1) is 0 Å². The van der Waals surface area contributed by atoms with Crippen LogP contribution in [0.1, 0.15) is 0 Å². The zero-order chi connectivity index (χ0) is 12.5. The Morgan fingerprint density at radius 2 is 2.24 bits per heavy atom. The van der Waals surface area contributed by atoms with Crippen LogP contribution in [0.25, 0.3) is 0 Å². The maximum Gasteiger partial charge on any atom is 0.246 e. The lowest BCUT2D eigenvalue weighted by Gasteiger charge is -2.26. The molecule has 1 atom stereocenters. The molecule has 1 aromatic carbocycles. The summed E-state index contributed by atoms with van der Waals surface area (Å²) in [6, 6.07) is 4.56. The van der Waals surface area contributed by atoms with Gasteiger partial charge in [-0.1, -0.05) is 0 Å². The third-order valence-electron chi connectivity index (χ3n) is 2.33. The first-order valence-corrected chi connectivity index (χ1v) is 7.23. The summed E-state index contributed by atoms with van der Waals surface area (Å²) < 4.78 is 38.6. The molecule has 0 saturated heterocycles. The molecule has 7 heteroatoms. The van der Waals surface area contributed by atoms with Crippen molar-refractivity contribution in [2.24, 2.45) is 0 Å². The molecule has 5 nitrogen and oxygen atoms in total. The predicted molar refractivity (Wildman–Crippen MR) is 61.2 cm³/mol. The number of benzene rings is 1. The summed E-state index contributed by atoms with van der Waals surface area (Å²) in [5.74, 6) is 0.968. The topological polar surface area (TPSA) is 61.8 Å². The first-order valence-electron chi connectivity index (χ1n) is 4.93. The Morgan fingerprint density at radius 3 is 2.88 bits per heavy atom. The fraction of sp³-hybridized carbons (Fsp3) is 0.400. The van der Waals surface area contributed by atoms with E-state index in [2.05, 4.69) is 10.5 Å². The summed E-state index contributed by atoms with van der Waals surface area (Å²) in [6.07, 6.45) is 0.895. The lowest BCUT2D eigenvalue weighted by atomic mass is 10.2. The molecule has 0 aliphatic carbocycles. The van der Waals surface area contributed by atoms with Crippen LogP contribution in [-0.4, -0.2) is 44.5 Å². The van der Waals surface area contributed by atoms with Crippen molar-refractivity contribution in [1.82, 2.24) is 0 Å². The molecule has 1 heterocycles. The third-order valence-corrected chi connectivity index (χ3v) is 3.61. The molecule has 1 unspecified atom stereocenters. The number of sulfone groups is 1. The van der Waals surface area contributed by atoms with E-state index in [-0.39, 0.29) is 11.0 Å². The fourth-order valence-electron chi connectivity index (χ4n) is 1.50. The summed E-state index contributed by atoms with van der Waals surface area (Å²) in [5.41, 5.74) is 0. The van der Waals surface area contributed by atoms with Gasteiger partial charge in [-0.25, -0.2) is 8.42 Å². The molecule has 1 aliphatic heterocycles.